The number of nitrogens with two attached hydrogens (primary N) is 1. The van der Waals surface area contributed by atoms with Gasteiger partial charge in [0.25, 0.3) is 0 Å². The lowest BCUT2D eigenvalue weighted by atomic mass is 9.89. The van der Waals surface area contributed by atoms with Gasteiger partial charge in [-0.2, -0.15) is 5.10 Å². The normalized spacial score (nSPS) is 26.2. The summed E-state index contributed by atoms with van der Waals surface area (Å²) >= 11 is 0. The second kappa shape index (κ2) is 5.54. The summed E-state index contributed by atoms with van der Waals surface area (Å²) in [5, 5.41) is 4.20. The van der Waals surface area contributed by atoms with Crippen molar-refractivity contribution in [2.75, 3.05) is 25.4 Å². The average molecular weight is 236 g/mol. The van der Waals surface area contributed by atoms with E-state index < -0.39 is 0 Å². The van der Waals surface area contributed by atoms with Crippen molar-refractivity contribution in [2.45, 2.75) is 33.2 Å². The lowest BCUT2D eigenvalue weighted by Gasteiger charge is -2.35. The van der Waals surface area contributed by atoms with Gasteiger partial charge in [-0.15, -0.1) is 0 Å². The maximum absolute atomic E-state index is 5.58. The van der Waals surface area contributed by atoms with E-state index in [1.54, 1.807) is 0 Å². The molecule has 0 amide bonds. The Morgan fingerprint density at radius 3 is 2.82 bits per heavy atom. The van der Waals surface area contributed by atoms with Gasteiger partial charge in [0.05, 0.1) is 0 Å². The van der Waals surface area contributed by atoms with Gasteiger partial charge in [-0.05, 0) is 43.8 Å². The van der Waals surface area contributed by atoms with Crippen molar-refractivity contribution in [3.05, 3.63) is 12.3 Å². The van der Waals surface area contributed by atoms with Gasteiger partial charge < -0.3 is 10.6 Å². The van der Waals surface area contributed by atoms with Gasteiger partial charge in [0.15, 0.2) is 0 Å². The lowest BCUT2D eigenvalue weighted by Crippen LogP contribution is -2.39. The first kappa shape index (κ1) is 12.4. The van der Waals surface area contributed by atoms with Crippen LogP contribution in [0.4, 0.5) is 5.82 Å². The topological polar surface area (TPSA) is 47.1 Å². The molecule has 96 valence electrons. The SMILES string of the molecule is CC1CCN(CCCn2ccc(N)n2)CC1C. The predicted octanol–water partition coefficient (Wildman–Crippen LogP) is 1.83. The first-order valence-electron chi connectivity index (χ1n) is 6.66. The maximum atomic E-state index is 5.58. The number of nitrogen functional groups attached to an aromatic ring is 1. The zero-order valence-electron chi connectivity index (χ0n) is 11.0. The van der Waals surface area contributed by atoms with E-state index in [1.165, 1.54) is 26.1 Å². The van der Waals surface area contributed by atoms with E-state index in [4.69, 9.17) is 5.73 Å². The molecule has 1 aromatic rings. The second-order valence-corrected chi connectivity index (χ2v) is 5.40. The standard InChI is InChI=1S/C13H24N4/c1-11-4-8-16(10-12(11)2)6-3-7-17-9-5-13(14)15-17/h5,9,11-12H,3-4,6-8,10H2,1-2H3,(H2,14,15). The number of likely N-dealkylation sites (tertiary alicyclic amines) is 1. The van der Waals surface area contributed by atoms with Crippen LogP contribution in [0.2, 0.25) is 0 Å². The van der Waals surface area contributed by atoms with Crippen LogP contribution in [0.15, 0.2) is 12.3 Å². The molecule has 0 radical (unpaired) electrons. The van der Waals surface area contributed by atoms with Crippen LogP contribution < -0.4 is 5.73 Å². The largest absolute Gasteiger partial charge is 0.382 e. The lowest BCUT2D eigenvalue weighted by molar-refractivity contribution is 0.135. The Hall–Kier alpha value is -1.03. The highest BCUT2D eigenvalue weighted by atomic mass is 15.3. The van der Waals surface area contributed by atoms with Gasteiger partial charge in [-0.3, -0.25) is 4.68 Å². The molecule has 0 aromatic carbocycles. The van der Waals surface area contributed by atoms with Crippen molar-refractivity contribution in [3.8, 4) is 0 Å². The minimum Gasteiger partial charge on any atom is -0.382 e. The fourth-order valence-corrected chi connectivity index (χ4v) is 2.51. The summed E-state index contributed by atoms with van der Waals surface area (Å²) in [5.74, 6) is 2.34. The Balaban J connectivity index is 1.69. The molecule has 4 heteroatoms. The van der Waals surface area contributed by atoms with Crippen LogP contribution in [-0.2, 0) is 6.54 Å². The van der Waals surface area contributed by atoms with Crippen molar-refractivity contribution in [1.82, 2.24) is 14.7 Å². The number of aryl methyl sites for hydroxylation is 1. The number of aromatic nitrogens is 2. The van der Waals surface area contributed by atoms with Gasteiger partial charge >= 0.3 is 0 Å². The molecule has 1 aromatic heterocycles. The summed E-state index contributed by atoms with van der Waals surface area (Å²) in [6.45, 7) is 9.39. The summed E-state index contributed by atoms with van der Waals surface area (Å²) < 4.78 is 1.94. The molecular weight excluding hydrogens is 212 g/mol. The Morgan fingerprint density at radius 2 is 2.18 bits per heavy atom. The van der Waals surface area contributed by atoms with Crippen molar-refractivity contribution in [1.29, 1.82) is 0 Å². The zero-order valence-corrected chi connectivity index (χ0v) is 11.0. The van der Waals surface area contributed by atoms with Crippen molar-refractivity contribution in [3.63, 3.8) is 0 Å². The fourth-order valence-electron chi connectivity index (χ4n) is 2.51. The second-order valence-electron chi connectivity index (χ2n) is 5.40. The maximum Gasteiger partial charge on any atom is 0.145 e. The van der Waals surface area contributed by atoms with Crippen LogP contribution in [0.3, 0.4) is 0 Å². The third-order valence-corrected chi connectivity index (χ3v) is 3.94. The molecule has 2 unspecified atom stereocenters. The zero-order chi connectivity index (χ0) is 12.3. The van der Waals surface area contributed by atoms with Gasteiger partial charge in [0, 0.05) is 19.3 Å². The monoisotopic (exact) mass is 236 g/mol. The summed E-state index contributed by atoms with van der Waals surface area (Å²) in [5.41, 5.74) is 5.58. The third kappa shape index (κ3) is 3.46. The van der Waals surface area contributed by atoms with Crippen LogP contribution in [-0.4, -0.2) is 34.3 Å². The molecule has 1 fully saturated rings. The molecule has 0 bridgehead atoms. The van der Waals surface area contributed by atoms with Crippen LogP contribution >= 0.6 is 0 Å². The molecular formula is C13H24N4. The minimum atomic E-state index is 0.616. The molecule has 0 saturated carbocycles. The van der Waals surface area contributed by atoms with E-state index in [2.05, 4.69) is 23.8 Å². The van der Waals surface area contributed by atoms with E-state index in [0.29, 0.717) is 5.82 Å². The van der Waals surface area contributed by atoms with Crippen LogP contribution in [0, 0.1) is 11.8 Å². The molecule has 2 heterocycles. The summed E-state index contributed by atoms with van der Waals surface area (Å²) in [6.07, 6.45) is 4.45. The fraction of sp³-hybridized carbons (Fsp3) is 0.769. The molecule has 0 aliphatic carbocycles. The van der Waals surface area contributed by atoms with Gasteiger partial charge in [-0.25, -0.2) is 0 Å². The van der Waals surface area contributed by atoms with Crippen LogP contribution in [0.25, 0.3) is 0 Å². The van der Waals surface area contributed by atoms with Crippen molar-refractivity contribution < 1.29 is 0 Å². The van der Waals surface area contributed by atoms with Crippen molar-refractivity contribution >= 4 is 5.82 Å². The Bertz CT molecular complexity index is 347. The van der Waals surface area contributed by atoms with E-state index in [1.807, 2.05) is 16.9 Å². The Kier molecular flexibility index (Phi) is 4.05. The van der Waals surface area contributed by atoms with Crippen molar-refractivity contribution in [2.24, 2.45) is 11.8 Å². The van der Waals surface area contributed by atoms with Gasteiger partial charge in [0.1, 0.15) is 5.82 Å². The molecule has 1 aliphatic rings. The Morgan fingerprint density at radius 1 is 1.35 bits per heavy atom. The molecule has 0 spiro atoms. The molecule has 17 heavy (non-hydrogen) atoms. The summed E-state index contributed by atoms with van der Waals surface area (Å²) in [4.78, 5) is 2.58. The van der Waals surface area contributed by atoms with Crippen LogP contribution in [0.1, 0.15) is 26.7 Å². The number of hydrogen-bond acceptors (Lipinski definition) is 3. The highest BCUT2D eigenvalue weighted by molar-refractivity contribution is 5.23. The molecule has 2 N–H and O–H groups in total. The number of piperidine rings is 1. The van der Waals surface area contributed by atoms with E-state index >= 15 is 0 Å². The summed E-state index contributed by atoms with van der Waals surface area (Å²) in [7, 11) is 0. The number of hydrogen-bond donors (Lipinski definition) is 1. The highest BCUT2D eigenvalue weighted by Gasteiger charge is 2.21. The molecule has 1 saturated heterocycles. The average Bonchev–Trinajstić information content (AvgIpc) is 2.70. The first-order valence-corrected chi connectivity index (χ1v) is 6.66. The van der Waals surface area contributed by atoms with Gasteiger partial charge in [-0.1, -0.05) is 13.8 Å². The summed E-state index contributed by atoms with van der Waals surface area (Å²) in [6, 6.07) is 1.85. The molecule has 2 atom stereocenters. The number of nitrogens with zero attached hydrogens (tertiary/aromatic N) is 3. The predicted molar refractivity (Wildman–Crippen MR) is 70.6 cm³/mol. The van der Waals surface area contributed by atoms with Crippen LogP contribution in [0.5, 0.6) is 0 Å². The number of anilines is 1. The highest BCUT2D eigenvalue weighted by Crippen LogP contribution is 2.22. The minimum absolute atomic E-state index is 0.616. The quantitative estimate of drug-likeness (QED) is 0.867. The molecule has 4 nitrogen and oxygen atoms in total. The van der Waals surface area contributed by atoms with E-state index in [0.717, 1.165) is 24.8 Å². The molecule has 2 rings (SSSR count). The van der Waals surface area contributed by atoms with E-state index in [-0.39, 0.29) is 0 Å². The molecule has 1 aliphatic heterocycles. The van der Waals surface area contributed by atoms with E-state index in [9.17, 15) is 0 Å². The van der Waals surface area contributed by atoms with Gasteiger partial charge in [0.2, 0.25) is 0 Å². The first-order chi connectivity index (χ1) is 8.15. The third-order valence-electron chi connectivity index (χ3n) is 3.94. The number of rotatable bonds is 4. The Labute approximate surface area is 104 Å². The smallest absolute Gasteiger partial charge is 0.145 e.